The Labute approximate surface area is 209 Å². The van der Waals surface area contributed by atoms with E-state index in [0.29, 0.717) is 28.0 Å². The number of hydrogen-bond donors (Lipinski definition) is 1. The molecule has 2 aromatic heterocycles. The zero-order chi connectivity index (χ0) is 25.2. The lowest BCUT2D eigenvalue weighted by Gasteiger charge is -2.09. The normalized spacial score (nSPS) is 10.9. The highest BCUT2D eigenvalue weighted by Crippen LogP contribution is 2.46. The smallest absolute Gasteiger partial charge is 0.308 e. The third-order valence-electron chi connectivity index (χ3n) is 5.53. The van der Waals surface area contributed by atoms with Crippen LogP contribution in [-0.2, 0) is 4.79 Å². The van der Waals surface area contributed by atoms with Crippen LogP contribution in [-0.4, -0.2) is 19.0 Å². The van der Waals surface area contributed by atoms with Crippen molar-refractivity contribution in [3.05, 3.63) is 89.6 Å². The van der Waals surface area contributed by atoms with Crippen molar-refractivity contribution in [3.8, 4) is 33.1 Å². The fraction of sp³-hybridized carbons (Fsp3) is 0.0714. The number of carbonyl (C=O) groups is 2. The minimum Gasteiger partial charge on any atom is -0.497 e. The summed E-state index contributed by atoms with van der Waals surface area (Å²) in [7, 11) is 1.59. The molecule has 1 N–H and O–H groups in total. The predicted octanol–water partition coefficient (Wildman–Crippen LogP) is 7.15. The van der Waals surface area contributed by atoms with Crippen molar-refractivity contribution in [2.75, 3.05) is 12.4 Å². The number of halogens is 1. The average molecular weight is 502 g/mol. The maximum atomic E-state index is 13.3. The third kappa shape index (κ3) is 4.58. The quantitative estimate of drug-likeness (QED) is 0.197. The topological polar surface area (TPSA) is 77.8 Å². The van der Waals surface area contributed by atoms with E-state index in [0.717, 1.165) is 16.0 Å². The Bertz CT molecular complexity index is 1550. The molecule has 0 unspecified atom stereocenters. The number of benzene rings is 3. The standard InChI is InChI=1S/C28H20FNO5S/c1-16(31)34-22-14-19(17-7-11-21(33-2)12-8-17)15-23-25(22)26(24-4-3-13-36-24)28(35-23)30-27(32)18-5-9-20(29)10-6-18/h3-15H,1-2H3,(H,30,32). The van der Waals surface area contributed by atoms with Gasteiger partial charge in [-0.15, -0.1) is 11.3 Å². The molecule has 0 spiro atoms. The average Bonchev–Trinajstić information content (AvgIpc) is 3.52. The van der Waals surface area contributed by atoms with Crippen LogP contribution in [0.15, 0.2) is 82.6 Å². The van der Waals surface area contributed by atoms with Crippen molar-refractivity contribution >= 4 is 40.1 Å². The van der Waals surface area contributed by atoms with Gasteiger partial charge in [0.05, 0.1) is 18.1 Å². The Hall–Kier alpha value is -4.43. The lowest BCUT2D eigenvalue weighted by atomic mass is 10.0. The van der Waals surface area contributed by atoms with Crippen LogP contribution in [0, 0.1) is 5.82 Å². The minimum absolute atomic E-state index is 0.196. The summed E-state index contributed by atoms with van der Waals surface area (Å²) >= 11 is 1.45. The summed E-state index contributed by atoms with van der Waals surface area (Å²) in [5.74, 6) is -0.174. The first-order chi connectivity index (χ1) is 17.4. The number of esters is 1. The number of nitrogens with one attached hydrogen (secondary N) is 1. The Morgan fingerprint density at radius 3 is 2.36 bits per heavy atom. The van der Waals surface area contributed by atoms with Crippen molar-refractivity contribution in [1.29, 1.82) is 0 Å². The van der Waals surface area contributed by atoms with Crippen molar-refractivity contribution in [3.63, 3.8) is 0 Å². The second kappa shape index (κ2) is 9.67. The van der Waals surface area contributed by atoms with Crippen LogP contribution in [0.25, 0.3) is 32.5 Å². The van der Waals surface area contributed by atoms with Gasteiger partial charge in [0, 0.05) is 17.4 Å². The first kappa shape index (κ1) is 23.3. The first-order valence-electron chi connectivity index (χ1n) is 11.0. The summed E-state index contributed by atoms with van der Waals surface area (Å²) in [5, 5.41) is 5.26. The lowest BCUT2D eigenvalue weighted by Crippen LogP contribution is -2.11. The Morgan fingerprint density at radius 2 is 1.72 bits per heavy atom. The van der Waals surface area contributed by atoms with Crippen LogP contribution >= 0.6 is 11.3 Å². The number of carbonyl (C=O) groups excluding carboxylic acids is 2. The van der Waals surface area contributed by atoms with Gasteiger partial charge in [0.2, 0.25) is 5.88 Å². The largest absolute Gasteiger partial charge is 0.497 e. The fourth-order valence-electron chi connectivity index (χ4n) is 3.90. The number of methoxy groups -OCH3 is 1. The molecule has 0 aliphatic heterocycles. The monoisotopic (exact) mass is 501 g/mol. The molecule has 5 rings (SSSR count). The van der Waals surface area contributed by atoms with Gasteiger partial charge in [-0.05, 0) is 71.1 Å². The molecule has 0 saturated heterocycles. The molecule has 0 aliphatic rings. The van der Waals surface area contributed by atoms with E-state index in [1.165, 1.54) is 42.5 Å². The van der Waals surface area contributed by atoms with Gasteiger partial charge < -0.3 is 13.9 Å². The van der Waals surface area contributed by atoms with Gasteiger partial charge in [-0.2, -0.15) is 0 Å². The van der Waals surface area contributed by atoms with Crippen LogP contribution in [0.2, 0.25) is 0 Å². The Balaban J connectivity index is 1.68. The second-order valence-electron chi connectivity index (χ2n) is 7.91. The number of rotatable bonds is 6. The second-order valence-corrected chi connectivity index (χ2v) is 8.86. The molecule has 1 amide bonds. The van der Waals surface area contributed by atoms with Gasteiger partial charge in [0.15, 0.2) is 0 Å². The van der Waals surface area contributed by atoms with Gasteiger partial charge in [-0.25, -0.2) is 4.39 Å². The summed E-state index contributed by atoms with van der Waals surface area (Å²) in [6.45, 7) is 1.33. The SMILES string of the molecule is COc1ccc(-c2cc(OC(C)=O)c3c(-c4cccs4)c(NC(=O)c4ccc(F)cc4)oc3c2)cc1. The number of ether oxygens (including phenoxy) is 2. The molecule has 180 valence electrons. The maximum absolute atomic E-state index is 13.3. The van der Waals surface area contributed by atoms with Crippen LogP contribution in [0.5, 0.6) is 11.5 Å². The van der Waals surface area contributed by atoms with Gasteiger partial charge in [-0.3, -0.25) is 14.9 Å². The number of hydrogen-bond acceptors (Lipinski definition) is 6. The molecule has 0 radical (unpaired) electrons. The molecule has 3 aromatic carbocycles. The van der Waals surface area contributed by atoms with E-state index in [1.807, 2.05) is 47.8 Å². The van der Waals surface area contributed by atoms with Crippen LogP contribution in [0.1, 0.15) is 17.3 Å². The molecule has 6 nitrogen and oxygen atoms in total. The van der Waals surface area contributed by atoms with E-state index in [1.54, 1.807) is 13.2 Å². The molecule has 5 aromatic rings. The summed E-state index contributed by atoms with van der Waals surface area (Å²) in [6.07, 6.45) is 0. The molecule has 0 aliphatic carbocycles. The first-order valence-corrected chi connectivity index (χ1v) is 11.8. The highest BCUT2D eigenvalue weighted by atomic mass is 32.1. The molecule has 8 heteroatoms. The predicted molar refractivity (Wildman–Crippen MR) is 137 cm³/mol. The number of thiophene rings is 1. The molecular formula is C28H20FNO5S. The van der Waals surface area contributed by atoms with Gasteiger partial charge >= 0.3 is 5.97 Å². The zero-order valence-corrected chi connectivity index (χ0v) is 20.1. The van der Waals surface area contributed by atoms with Crippen LogP contribution in [0.3, 0.4) is 0 Å². The summed E-state index contributed by atoms with van der Waals surface area (Å²) in [4.78, 5) is 25.8. The molecule has 0 bridgehead atoms. The molecule has 2 heterocycles. The Morgan fingerprint density at radius 1 is 0.972 bits per heavy atom. The van der Waals surface area contributed by atoms with Crippen LogP contribution in [0.4, 0.5) is 10.3 Å². The summed E-state index contributed by atoms with van der Waals surface area (Å²) in [6, 6.07) is 20.0. The highest BCUT2D eigenvalue weighted by molar-refractivity contribution is 7.13. The highest BCUT2D eigenvalue weighted by Gasteiger charge is 2.24. The molecule has 0 fully saturated rings. The number of anilines is 1. The van der Waals surface area contributed by atoms with Gasteiger partial charge in [-0.1, -0.05) is 18.2 Å². The number of furan rings is 1. The van der Waals surface area contributed by atoms with Crippen LogP contribution < -0.4 is 14.8 Å². The van der Waals surface area contributed by atoms with Crippen molar-refractivity contribution in [1.82, 2.24) is 0 Å². The van der Waals surface area contributed by atoms with E-state index in [9.17, 15) is 14.0 Å². The van der Waals surface area contributed by atoms with Gasteiger partial charge in [0.1, 0.15) is 22.9 Å². The van der Waals surface area contributed by atoms with Crippen molar-refractivity contribution < 1.29 is 27.9 Å². The van der Waals surface area contributed by atoms with Crippen molar-refractivity contribution in [2.24, 2.45) is 0 Å². The van der Waals surface area contributed by atoms with E-state index in [2.05, 4.69) is 5.32 Å². The van der Waals surface area contributed by atoms with E-state index in [4.69, 9.17) is 13.9 Å². The summed E-state index contributed by atoms with van der Waals surface area (Å²) < 4.78 is 30.4. The molecule has 36 heavy (non-hydrogen) atoms. The van der Waals surface area contributed by atoms with E-state index < -0.39 is 17.7 Å². The molecule has 0 atom stereocenters. The van der Waals surface area contributed by atoms with E-state index in [-0.39, 0.29) is 11.4 Å². The zero-order valence-electron chi connectivity index (χ0n) is 19.3. The maximum Gasteiger partial charge on any atom is 0.308 e. The number of fused-ring (bicyclic) bond motifs is 1. The van der Waals surface area contributed by atoms with E-state index >= 15 is 0 Å². The fourth-order valence-corrected chi connectivity index (χ4v) is 4.67. The molecular weight excluding hydrogens is 481 g/mol. The third-order valence-corrected chi connectivity index (χ3v) is 6.42. The summed E-state index contributed by atoms with van der Waals surface area (Å²) in [5.41, 5.74) is 2.90. The lowest BCUT2D eigenvalue weighted by molar-refractivity contribution is -0.131. The number of amides is 1. The van der Waals surface area contributed by atoms with Crippen molar-refractivity contribution in [2.45, 2.75) is 6.92 Å². The molecule has 0 saturated carbocycles. The Kier molecular flexibility index (Phi) is 6.26. The minimum atomic E-state index is -0.488. The van der Waals surface area contributed by atoms with Gasteiger partial charge in [0.25, 0.3) is 5.91 Å².